The minimum Gasteiger partial charge on any atom is -0.330 e. The molecule has 0 bridgehead atoms. The Morgan fingerprint density at radius 1 is 1.16 bits per heavy atom. The van der Waals surface area contributed by atoms with Crippen LogP contribution < -0.4 is 5.73 Å². The predicted molar refractivity (Wildman–Crippen MR) is 83.5 cm³/mol. The van der Waals surface area contributed by atoms with E-state index < -0.39 is 0 Å². The van der Waals surface area contributed by atoms with Gasteiger partial charge in [0.15, 0.2) is 0 Å². The predicted octanol–water partition coefficient (Wildman–Crippen LogP) is 4.26. The van der Waals surface area contributed by atoms with Crippen molar-refractivity contribution < 1.29 is 0 Å². The van der Waals surface area contributed by atoms with E-state index in [1.54, 1.807) is 11.1 Å². The van der Waals surface area contributed by atoms with Crippen LogP contribution in [0.3, 0.4) is 0 Å². The fourth-order valence-electron chi connectivity index (χ4n) is 3.43. The molecule has 1 nitrogen and oxygen atoms in total. The van der Waals surface area contributed by atoms with Gasteiger partial charge in [0.1, 0.15) is 0 Å². The fraction of sp³-hybridized carbons (Fsp3) is 0.667. The SMILES string of the molecule is CCCCC(CC)(CN)Cc1ccc2c(c1)CCC2. The lowest BCUT2D eigenvalue weighted by molar-refractivity contribution is 0.251. The lowest BCUT2D eigenvalue weighted by Gasteiger charge is -2.32. The van der Waals surface area contributed by atoms with Crippen LogP contribution in [0, 0.1) is 5.41 Å². The average Bonchev–Trinajstić information content (AvgIpc) is 2.91. The molecule has 1 aliphatic carbocycles. The summed E-state index contributed by atoms with van der Waals surface area (Å²) in [5.41, 5.74) is 11.1. The van der Waals surface area contributed by atoms with Gasteiger partial charge in [0, 0.05) is 0 Å². The molecule has 0 radical (unpaired) electrons. The molecule has 106 valence electrons. The number of unbranched alkanes of at least 4 members (excludes halogenated alkanes) is 1. The summed E-state index contributed by atoms with van der Waals surface area (Å²) in [5, 5.41) is 0. The summed E-state index contributed by atoms with van der Waals surface area (Å²) in [4.78, 5) is 0. The van der Waals surface area contributed by atoms with E-state index in [0.717, 1.165) is 13.0 Å². The van der Waals surface area contributed by atoms with E-state index in [0.29, 0.717) is 5.41 Å². The average molecular weight is 259 g/mol. The smallest absolute Gasteiger partial charge is 0.00174 e. The third kappa shape index (κ3) is 3.39. The number of nitrogens with two attached hydrogens (primary N) is 1. The van der Waals surface area contributed by atoms with E-state index in [9.17, 15) is 0 Å². The Morgan fingerprint density at radius 3 is 2.63 bits per heavy atom. The number of aryl methyl sites for hydroxylation is 2. The second-order valence-electron chi connectivity index (χ2n) is 6.29. The molecule has 0 fully saturated rings. The lowest BCUT2D eigenvalue weighted by Crippen LogP contribution is -2.32. The highest BCUT2D eigenvalue weighted by molar-refractivity contribution is 5.35. The maximum absolute atomic E-state index is 6.12. The summed E-state index contributed by atoms with van der Waals surface area (Å²) in [6.45, 7) is 5.39. The van der Waals surface area contributed by atoms with E-state index >= 15 is 0 Å². The van der Waals surface area contributed by atoms with Crippen molar-refractivity contribution in [1.82, 2.24) is 0 Å². The summed E-state index contributed by atoms with van der Waals surface area (Å²) in [6, 6.07) is 7.15. The van der Waals surface area contributed by atoms with Crippen LogP contribution in [0.5, 0.6) is 0 Å². The molecule has 0 spiro atoms. The van der Waals surface area contributed by atoms with E-state index in [4.69, 9.17) is 5.73 Å². The molecule has 1 unspecified atom stereocenters. The Kier molecular flexibility index (Phi) is 5.04. The number of fused-ring (bicyclic) bond motifs is 1. The van der Waals surface area contributed by atoms with Crippen molar-refractivity contribution in [2.75, 3.05) is 6.54 Å². The first kappa shape index (κ1) is 14.6. The minimum absolute atomic E-state index is 0.322. The van der Waals surface area contributed by atoms with Gasteiger partial charge in [-0.25, -0.2) is 0 Å². The molecule has 0 heterocycles. The van der Waals surface area contributed by atoms with Gasteiger partial charge in [-0.05, 0) is 67.2 Å². The molecule has 2 rings (SSSR count). The van der Waals surface area contributed by atoms with Gasteiger partial charge in [-0.2, -0.15) is 0 Å². The monoisotopic (exact) mass is 259 g/mol. The Hall–Kier alpha value is -0.820. The zero-order valence-electron chi connectivity index (χ0n) is 12.7. The van der Waals surface area contributed by atoms with E-state index in [1.165, 1.54) is 50.5 Å². The highest BCUT2D eigenvalue weighted by Crippen LogP contribution is 2.33. The number of benzene rings is 1. The zero-order chi connectivity index (χ0) is 13.7. The van der Waals surface area contributed by atoms with Gasteiger partial charge in [-0.1, -0.05) is 44.9 Å². The normalized spacial score (nSPS) is 17.2. The van der Waals surface area contributed by atoms with Crippen molar-refractivity contribution in [3.63, 3.8) is 0 Å². The number of hydrogen-bond acceptors (Lipinski definition) is 1. The van der Waals surface area contributed by atoms with Crippen LogP contribution in [0.1, 0.15) is 62.6 Å². The van der Waals surface area contributed by atoms with Gasteiger partial charge in [-0.3, -0.25) is 0 Å². The molecule has 2 N–H and O–H groups in total. The van der Waals surface area contributed by atoms with Crippen LogP contribution in [-0.2, 0) is 19.3 Å². The van der Waals surface area contributed by atoms with Crippen molar-refractivity contribution in [2.24, 2.45) is 11.1 Å². The molecule has 1 aromatic carbocycles. The standard InChI is InChI=1S/C18H29N/c1-3-5-11-18(4-2,14-19)13-15-9-10-16-7-6-8-17(16)12-15/h9-10,12H,3-8,11,13-14,19H2,1-2H3. The fourth-order valence-corrected chi connectivity index (χ4v) is 3.43. The lowest BCUT2D eigenvalue weighted by atomic mass is 9.75. The highest BCUT2D eigenvalue weighted by Gasteiger charge is 2.26. The van der Waals surface area contributed by atoms with Gasteiger partial charge in [-0.15, -0.1) is 0 Å². The van der Waals surface area contributed by atoms with Crippen molar-refractivity contribution >= 4 is 0 Å². The van der Waals surface area contributed by atoms with Crippen molar-refractivity contribution in [3.8, 4) is 0 Å². The maximum atomic E-state index is 6.12. The van der Waals surface area contributed by atoms with Crippen LogP contribution >= 0.6 is 0 Å². The minimum atomic E-state index is 0.322. The highest BCUT2D eigenvalue weighted by atomic mass is 14.6. The topological polar surface area (TPSA) is 26.0 Å². The molecular weight excluding hydrogens is 230 g/mol. The first-order chi connectivity index (χ1) is 9.23. The molecule has 1 aromatic rings. The molecule has 19 heavy (non-hydrogen) atoms. The van der Waals surface area contributed by atoms with Crippen LogP contribution in [-0.4, -0.2) is 6.54 Å². The number of rotatable bonds is 7. The Balaban J connectivity index is 2.12. The van der Waals surface area contributed by atoms with Gasteiger partial charge in [0.25, 0.3) is 0 Å². The second-order valence-corrected chi connectivity index (χ2v) is 6.29. The maximum Gasteiger partial charge on any atom is -0.00174 e. The molecule has 0 amide bonds. The van der Waals surface area contributed by atoms with E-state index in [2.05, 4.69) is 32.0 Å². The first-order valence-corrected chi connectivity index (χ1v) is 8.04. The van der Waals surface area contributed by atoms with E-state index in [-0.39, 0.29) is 0 Å². The van der Waals surface area contributed by atoms with Crippen LogP contribution in [0.2, 0.25) is 0 Å². The first-order valence-electron chi connectivity index (χ1n) is 8.04. The number of hydrogen-bond donors (Lipinski definition) is 1. The van der Waals surface area contributed by atoms with Crippen LogP contribution in [0.15, 0.2) is 18.2 Å². The Morgan fingerprint density at radius 2 is 1.95 bits per heavy atom. The van der Waals surface area contributed by atoms with Crippen LogP contribution in [0.4, 0.5) is 0 Å². The molecule has 1 atom stereocenters. The largest absolute Gasteiger partial charge is 0.330 e. The molecule has 0 aliphatic heterocycles. The summed E-state index contributed by atoms with van der Waals surface area (Å²) >= 11 is 0. The Bertz CT molecular complexity index is 404. The molecule has 1 heteroatoms. The molecular formula is C18H29N. The second kappa shape index (κ2) is 6.56. The summed E-state index contributed by atoms with van der Waals surface area (Å²) in [6.07, 6.45) is 10.1. The Labute approximate surface area is 118 Å². The molecule has 0 aromatic heterocycles. The third-order valence-corrected chi connectivity index (χ3v) is 4.99. The molecule has 0 saturated heterocycles. The van der Waals surface area contributed by atoms with Gasteiger partial charge < -0.3 is 5.73 Å². The van der Waals surface area contributed by atoms with Crippen molar-refractivity contribution in [3.05, 3.63) is 34.9 Å². The van der Waals surface area contributed by atoms with Crippen molar-refractivity contribution in [1.29, 1.82) is 0 Å². The summed E-state index contributed by atoms with van der Waals surface area (Å²) in [7, 11) is 0. The zero-order valence-corrected chi connectivity index (χ0v) is 12.7. The van der Waals surface area contributed by atoms with Gasteiger partial charge in [0.2, 0.25) is 0 Å². The molecule has 0 saturated carbocycles. The van der Waals surface area contributed by atoms with Crippen molar-refractivity contribution in [2.45, 2.75) is 65.2 Å². The third-order valence-electron chi connectivity index (χ3n) is 4.99. The van der Waals surface area contributed by atoms with Gasteiger partial charge in [0.05, 0.1) is 0 Å². The van der Waals surface area contributed by atoms with Crippen LogP contribution in [0.25, 0.3) is 0 Å². The summed E-state index contributed by atoms with van der Waals surface area (Å²) < 4.78 is 0. The quantitative estimate of drug-likeness (QED) is 0.778. The summed E-state index contributed by atoms with van der Waals surface area (Å²) in [5.74, 6) is 0. The van der Waals surface area contributed by atoms with E-state index in [1.807, 2.05) is 0 Å². The molecule has 1 aliphatic rings. The van der Waals surface area contributed by atoms with Gasteiger partial charge >= 0.3 is 0 Å².